The molecule has 10 aromatic rings. The summed E-state index contributed by atoms with van der Waals surface area (Å²) in [7, 11) is 0. The van der Waals surface area contributed by atoms with E-state index in [1.165, 1.54) is 33.4 Å². The number of allylic oxidation sites excluding steroid dienone is 2. The Balaban J connectivity index is 1.03. The fraction of sp³-hybridized carbons (Fsp3) is 0.0476. The van der Waals surface area contributed by atoms with Gasteiger partial charge >= 0.3 is 0 Å². The molecule has 0 amide bonds. The molecular weight excluding hydrogens is 787 g/mol. The Hall–Kier alpha value is -8.20. The Morgan fingerprint density at radius 2 is 0.862 bits per heavy atom. The average Bonchev–Trinajstić information content (AvgIpc) is 3.39. The average molecular weight is 832 g/mol. The first-order valence-electron chi connectivity index (χ1n) is 22.6. The minimum Gasteiger partial charge on any atom is -0.455 e. The maximum absolute atomic E-state index is 7.21. The third-order valence-corrected chi connectivity index (χ3v) is 13.5. The van der Waals surface area contributed by atoms with Crippen LogP contribution < -0.4 is 9.64 Å². The Bertz CT molecular complexity index is 3340. The van der Waals surface area contributed by atoms with Crippen molar-refractivity contribution in [1.82, 2.24) is 0 Å². The number of fused-ring (bicyclic) bond motifs is 6. The van der Waals surface area contributed by atoms with Gasteiger partial charge in [0.15, 0.2) is 0 Å². The highest BCUT2D eigenvalue weighted by molar-refractivity contribution is 6.06. The van der Waals surface area contributed by atoms with Crippen LogP contribution >= 0.6 is 0 Å². The van der Waals surface area contributed by atoms with Gasteiger partial charge in [-0.25, -0.2) is 0 Å². The minimum atomic E-state index is -0.689. The normalized spacial score (nSPS) is 15.0. The summed E-state index contributed by atoms with van der Waals surface area (Å²) in [4.78, 5) is 2.52. The number of ether oxygens (including phenoxy) is 1. The Labute approximate surface area is 380 Å². The molecule has 10 aromatic carbocycles. The van der Waals surface area contributed by atoms with E-state index in [1.807, 2.05) is 0 Å². The SMILES string of the molecule is C1=C(c2ccccc2)C(c2ccccc2)=CC(N(c2ccccc2)c2cccc(-c3cccc(C4(c5ccccc5)c5ccc6ccccc6c5Oc5c4ccc4ccccc54)c3)c2)C1. The van der Waals surface area contributed by atoms with Crippen molar-refractivity contribution in [1.29, 1.82) is 0 Å². The van der Waals surface area contributed by atoms with Gasteiger partial charge in [-0.15, -0.1) is 0 Å². The molecule has 12 rings (SSSR count). The Morgan fingerprint density at radius 1 is 0.385 bits per heavy atom. The molecule has 0 saturated carbocycles. The van der Waals surface area contributed by atoms with Crippen molar-refractivity contribution in [3.8, 4) is 22.6 Å². The first-order valence-corrected chi connectivity index (χ1v) is 22.6. The van der Waals surface area contributed by atoms with Gasteiger partial charge in [-0.2, -0.15) is 0 Å². The first-order chi connectivity index (χ1) is 32.2. The molecule has 1 atom stereocenters. The van der Waals surface area contributed by atoms with Crippen LogP contribution in [0.2, 0.25) is 0 Å². The van der Waals surface area contributed by atoms with Gasteiger partial charge in [0.1, 0.15) is 11.5 Å². The molecule has 0 saturated heterocycles. The van der Waals surface area contributed by atoms with E-state index in [0.29, 0.717) is 0 Å². The van der Waals surface area contributed by atoms with Crippen molar-refractivity contribution in [2.45, 2.75) is 17.9 Å². The largest absolute Gasteiger partial charge is 0.455 e. The molecule has 0 spiro atoms. The molecule has 1 aliphatic heterocycles. The lowest BCUT2D eigenvalue weighted by Crippen LogP contribution is -2.34. The molecular formula is C63H45NO. The molecule has 2 aliphatic rings. The number of hydrogen-bond donors (Lipinski definition) is 0. The van der Waals surface area contributed by atoms with Crippen LogP contribution in [0.25, 0.3) is 43.8 Å². The summed E-state index contributed by atoms with van der Waals surface area (Å²) in [5.74, 6) is 1.81. The fourth-order valence-electron chi connectivity index (χ4n) is 10.5. The summed E-state index contributed by atoms with van der Waals surface area (Å²) in [6, 6.07) is 88.2. The summed E-state index contributed by atoms with van der Waals surface area (Å²) in [5, 5.41) is 4.51. The summed E-state index contributed by atoms with van der Waals surface area (Å²) in [5.41, 5.74) is 13.5. The van der Waals surface area contributed by atoms with Gasteiger partial charge in [0.25, 0.3) is 0 Å². The van der Waals surface area contributed by atoms with E-state index in [-0.39, 0.29) is 6.04 Å². The third kappa shape index (κ3) is 6.57. The van der Waals surface area contributed by atoms with Crippen LogP contribution in [0.4, 0.5) is 11.4 Å². The lowest BCUT2D eigenvalue weighted by Gasteiger charge is -2.42. The van der Waals surface area contributed by atoms with Gasteiger partial charge in [0, 0.05) is 33.3 Å². The van der Waals surface area contributed by atoms with E-state index in [1.54, 1.807) is 0 Å². The van der Waals surface area contributed by atoms with Crippen molar-refractivity contribution in [3.63, 3.8) is 0 Å². The summed E-state index contributed by atoms with van der Waals surface area (Å²) < 4.78 is 7.21. The second-order valence-corrected chi connectivity index (χ2v) is 17.1. The summed E-state index contributed by atoms with van der Waals surface area (Å²) in [6.45, 7) is 0. The number of hydrogen-bond acceptors (Lipinski definition) is 2. The number of rotatable bonds is 8. The van der Waals surface area contributed by atoms with Crippen molar-refractivity contribution in [2.24, 2.45) is 0 Å². The van der Waals surface area contributed by atoms with E-state index in [2.05, 4.69) is 260 Å². The van der Waals surface area contributed by atoms with Crippen molar-refractivity contribution < 1.29 is 4.74 Å². The van der Waals surface area contributed by atoms with Crippen LogP contribution in [0.3, 0.4) is 0 Å². The lowest BCUT2D eigenvalue weighted by atomic mass is 9.63. The number of anilines is 2. The molecule has 0 radical (unpaired) electrons. The van der Waals surface area contributed by atoms with Crippen LogP contribution in [0.15, 0.2) is 255 Å². The first kappa shape index (κ1) is 38.5. The monoisotopic (exact) mass is 831 g/mol. The predicted molar refractivity (Wildman–Crippen MR) is 271 cm³/mol. The quantitative estimate of drug-likeness (QED) is 0.151. The summed E-state index contributed by atoms with van der Waals surface area (Å²) in [6.07, 6.45) is 5.78. The molecule has 2 heteroatoms. The highest BCUT2D eigenvalue weighted by Gasteiger charge is 2.46. The van der Waals surface area contributed by atoms with E-state index >= 15 is 0 Å². The molecule has 1 heterocycles. The zero-order chi connectivity index (χ0) is 43.2. The van der Waals surface area contributed by atoms with Crippen molar-refractivity contribution >= 4 is 44.1 Å². The molecule has 2 nitrogen and oxygen atoms in total. The van der Waals surface area contributed by atoms with Crippen LogP contribution in [-0.4, -0.2) is 6.04 Å². The highest BCUT2D eigenvalue weighted by atomic mass is 16.5. The molecule has 308 valence electrons. The van der Waals surface area contributed by atoms with Gasteiger partial charge in [-0.05, 0) is 92.1 Å². The second kappa shape index (κ2) is 16.2. The van der Waals surface area contributed by atoms with E-state index in [0.717, 1.165) is 73.1 Å². The molecule has 0 bridgehead atoms. The van der Waals surface area contributed by atoms with Gasteiger partial charge in [-0.3, -0.25) is 0 Å². The maximum atomic E-state index is 7.21. The van der Waals surface area contributed by atoms with E-state index < -0.39 is 5.41 Å². The standard InChI is InChI=1S/C63H45NO/c1-5-19-44(20-6-1)55-38-37-54(43-58(55)45-21-7-2-8-22-45)64(52-30-11-4-12-31-52)53-32-18-26-49(42-53)48-25-17-29-51(41-48)63(50-27-9-3-10-28-50)59-39-35-46-23-13-15-33-56(46)61(59)65-62-57-34-16-14-24-47(57)36-40-60(62)63/h1-36,38-43,54H,37H2. The zero-order valence-electron chi connectivity index (χ0n) is 35.9. The topological polar surface area (TPSA) is 12.5 Å². The van der Waals surface area contributed by atoms with Crippen LogP contribution in [0, 0.1) is 0 Å². The smallest absolute Gasteiger partial charge is 0.140 e. The molecule has 1 aliphatic carbocycles. The molecule has 65 heavy (non-hydrogen) atoms. The van der Waals surface area contributed by atoms with E-state index in [9.17, 15) is 0 Å². The summed E-state index contributed by atoms with van der Waals surface area (Å²) >= 11 is 0. The molecule has 0 N–H and O–H groups in total. The van der Waals surface area contributed by atoms with Gasteiger partial charge < -0.3 is 9.64 Å². The fourth-order valence-corrected chi connectivity index (χ4v) is 10.5. The Kier molecular flexibility index (Phi) is 9.57. The van der Waals surface area contributed by atoms with Crippen LogP contribution in [0.1, 0.15) is 39.8 Å². The zero-order valence-corrected chi connectivity index (χ0v) is 35.9. The highest BCUT2D eigenvalue weighted by Crippen LogP contribution is 2.58. The molecule has 0 aromatic heterocycles. The minimum absolute atomic E-state index is 0.0721. The lowest BCUT2D eigenvalue weighted by molar-refractivity contribution is 0.445. The Morgan fingerprint density at radius 3 is 1.49 bits per heavy atom. The van der Waals surface area contributed by atoms with Crippen molar-refractivity contribution in [2.75, 3.05) is 4.90 Å². The maximum Gasteiger partial charge on any atom is 0.140 e. The number of benzene rings is 10. The molecule has 1 unspecified atom stereocenters. The predicted octanol–water partition coefficient (Wildman–Crippen LogP) is 16.2. The second-order valence-electron chi connectivity index (χ2n) is 17.1. The molecule has 0 fully saturated rings. The van der Waals surface area contributed by atoms with E-state index in [4.69, 9.17) is 4.74 Å². The van der Waals surface area contributed by atoms with Crippen LogP contribution in [-0.2, 0) is 5.41 Å². The van der Waals surface area contributed by atoms with Crippen LogP contribution in [0.5, 0.6) is 11.5 Å². The third-order valence-electron chi connectivity index (χ3n) is 13.5. The van der Waals surface area contributed by atoms with Crippen molar-refractivity contribution in [3.05, 3.63) is 288 Å². The van der Waals surface area contributed by atoms with Gasteiger partial charge in [0.2, 0.25) is 0 Å². The number of para-hydroxylation sites is 1. The van der Waals surface area contributed by atoms with Gasteiger partial charge in [-0.1, -0.05) is 224 Å². The van der Waals surface area contributed by atoms with Gasteiger partial charge in [0.05, 0.1) is 11.5 Å². The number of nitrogens with zero attached hydrogens (tertiary/aromatic N) is 1.